The fourth-order valence-corrected chi connectivity index (χ4v) is 2.47. The van der Waals surface area contributed by atoms with Crippen LogP contribution in [0, 0.1) is 10.1 Å². The van der Waals surface area contributed by atoms with Gasteiger partial charge >= 0.3 is 5.69 Å². The molecule has 0 atom stereocenters. The molecule has 1 aliphatic heterocycles. The van der Waals surface area contributed by atoms with Crippen LogP contribution >= 0.6 is 0 Å². The summed E-state index contributed by atoms with van der Waals surface area (Å²) in [7, 11) is 1.29. The molecule has 7 nitrogen and oxygen atoms in total. The summed E-state index contributed by atoms with van der Waals surface area (Å²) in [6.07, 6.45) is 1.49. The Hall–Kier alpha value is -3.35. The van der Waals surface area contributed by atoms with Crippen molar-refractivity contribution >= 4 is 17.5 Å². The third kappa shape index (κ3) is 2.67. The Morgan fingerprint density at radius 2 is 2.08 bits per heavy atom. The van der Waals surface area contributed by atoms with Crippen LogP contribution in [-0.4, -0.2) is 29.5 Å². The molecule has 24 heavy (non-hydrogen) atoms. The van der Waals surface area contributed by atoms with E-state index >= 15 is 0 Å². The van der Waals surface area contributed by atoms with Gasteiger partial charge < -0.3 is 14.6 Å². The van der Waals surface area contributed by atoms with Crippen molar-refractivity contribution in [2.45, 2.75) is 0 Å². The Morgan fingerprint density at radius 1 is 1.33 bits per heavy atom. The number of methoxy groups -OCH3 is 1. The van der Waals surface area contributed by atoms with Crippen molar-refractivity contribution in [2.75, 3.05) is 13.7 Å². The highest BCUT2D eigenvalue weighted by molar-refractivity contribution is 6.14. The molecular formula is C17H13NO6. The first-order valence-corrected chi connectivity index (χ1v) is 7.03. The maximum Gasteiger partial charge on any atom is 0.315 e. The standard InChI is InChI=1S/C17H13NO6/c1-23-15-8-10(7-13(17(15)20)18(21)22)6-11-9-24-14-5-3-2-4-12(14)16(11)19/h2-8,20H,9H2,1H3/b11-6+. The first-order valence-electron chi connectivity index (χ1n) is 7.03. The lowest BCUT2D eigenvalue weighted by Crippen LogP contribution is -2.18. The van der Waals surface area contributed by atoms with Gasteiger partial charge in [0.1, 0.15) is 12.4 Å². The van der Waals surface area contributed by atoms with E-state index in [2.05, 4.69) is 0 Å². The number of para-hydroxylation sites is 1. The van der Waals surface area contributed by atoms with Crippen LogP contribution in [0.4, 0.5) is 5.69 Å². The number of ether oxygens (including phenoxy) is 2. The summed E-state index contributed by atoms with van der Waals surface area (Å²) in [6, 6.07) is 9.47. The summed E-state index contributed by atoms with van der Waals surface area (Å²) in [6.45, 7) is 0.0623. The largest absolute Gasteiger partial charge is 0.500 e. The Morgan fingerprint density at radius 3 is 2.79 bits per heavy atom. The molecular weight excluding hydrogens is 314 g/mol. The number of nitro groups is 1. The number of nitrogens with zero attached hydrogens (tertiary/aromatic N) is 1. The van der Waals surface area contributed by atoms with Gasteiger partial charge in [-0.15, -0.1) is 0 Å². The van der Waals surface area contributed by atoms with Gasteiger partial charge in [0.2, 0.25) is 5.75 Å². The Balaban J connectivity index is 2.05. The number of phenolic OH excluding ortho intramolecular Hbond substituents is 1. The van der Waals surface area contributed by atoms with Crippen molar-refractivity contribution in [1.82, 2.24) is 0 Å². The average Bonchev–Trinajstić information content (AvgIpc) is 2.58. The van der Waals surface area contributed by atoms with E-state index in [-0.39, 0.29) is 18.1 Å². The number of Topliss-reactive ketones (excluding diaryl/α,β-unsaturated/α-hetero) is 1. The van der Waals surface area contributed by atoms with Crippen molar-refractivity contribution < 1.29 is 24.3 Å². The number of carbonyl (C=O) groups excluding carboxylic acids is 1. The molecule has 0 saturated carbocycles. The van der Waals surface area contributed by atoms with Gasteiger partial charge in [-0.3, -0.25) is 14.9 Å². The smallest absolute Gasteiger partial charge is 0.315 e. The zero-order valence-corrected chi connectivity index (χ0v) is 12.7. The summed E-state index contributed by atoms with van der Waals surface area (Å²) < 4.78 is 10.5. The third-order valence-corrected chi connectivity index (χ3v) is 3.64. The minimum atomic E-state index is -0.714. The van der Waals surface area contributed by atoms with Gasteiger partial charge in [0, 0.05) is 11.6 Å². The van der Waals surface area contributed by atoms with Gasteiger partial charge in [0.05, 0.1) is 17.6 Å². The molecule has 3 rings (SSSR count). The van der Waals surface area contributed by atoms with Crippen LogP contribution in [0.2, 0.25) is 0 Å². The molecule has 0 spiro atoms. The topological polar surface area (TPSA) is 98.9 Å². The highest BCUT2D eigenvalue weighted by Crippen LogP contribution is 2.38. The van der Waals surface area contributed by atoms with E-state index in [1.54, 1.807) is 24.3 Å². The van der Waals surface area contributed by atoms with E-state index in [1.807, 2.05) is 0 Å². The van der Waals surface area contributed by atoms with E-state index in [1.165, 1.54) is 25.3 Å². The van der Waals surface area contributed by atoms with Crippen molar-refractivity contribution in [3.8, 4) is 17.2 Å². The van der Waals surface area contributed by atoms with E-state index in [0.717, 1.165) is 0 Å². The van der Waals surface area contributed by atoms with Crippen molar-refractivity contribution in [3.63, 3.8) is 0 Å². The van der Waals surface area contributed by atoms with Crippen molar-refractivity contribution in [2.24, 2.45) is 0 Å². The maximum absolute atomic E-state index is 12.5. The number of aromatic hydroxyl groups is 1. The summed E-state index contributed by atoms with van der Waals surface area (Å²) in [5.41, 5.74) is 0.666. The molecule has 0 unspecified atom stereocenters. The predicted octanol–water partition coefficient (Wildman–Crippen LogP) is 2.97. The minimum Gasteiger partial charge on any atom is -0.500 e. The monoisotopic (exact) mass is 327 g/mol. The van der Waals surface area contributed by atoms with Crippen LogP contribution in [-0.2, 0) is 0 Å². The number of phenols is 1. The van der Waals surface area contributed by atoms with Gasteiger partial charge in [0.15, 0.2) is 11.5 Å². The number of hydrogen-bond acceptors (Lipinski definition) is 6. The average molecular weight is 327 g/mol. The quantitative estimate of drug-likeness (QED) is 0.528. The number of nitro benzene ring substituents is 1. The van der Waals surface area contributed by atoms with E-state index in [4.69, 9.17) is 9.47 Å². The van der Waals surface area contributed by atoms with Crippen LogP contribution in [0.25, 0.3) is 6.08 Å². The summed E-state index contributed by atoms with van der Waals surface area (Å²) in [5, 5.41) is 20.8. The van der Waals surface area contributed by atoms with Gasteiger partial charge in [0.25, 0.3) is 0 Å². The number of benzene rings is 2. The zero-order valence-electron chi connectivity index (χ0n) is 12.7. The second-order valence-corrected chi connectivity index (χ2v) is 5.13. The first kappa shape index (κ1) is 15.5. The number of hydrogen-bond donors (Lipinski definition) is 1. The predicted molar refractivity (Wildman–Crippen MR) is 85.6 cm³/mol. The first-order chi connectivity index (χ1) is 11.5. The molecule has 0 saturated heterocycles. The van der Waals surface area contributed by atoms with Gasteiger partial charge in [-0.2, -0.15) is 0 Å². The molecule has 1 N–H and O–H groups in total. The van der Waals surface area contributed by atoms with Crippen LogP contribution in [0.5, 0.6) is 17.2 Å². The lowest BCUT2D eigenvalue weighted by atomic mass is 9.98. The van der Waals surface area contributed by atoms with Crippen molar-refractivity contribution in [3.05, 3.63) is 63.2 Å². The second-order valence-electron chi connectivity index (χ2n) is 5.13. The zero-order chi connectivity index (χ0) is 17.3. The lowest BCUT2D eigenvalue weighted by molar-refractivity contribution is -0.386. The SMILES string of the molecule is COc1cc(/C=C2\COc3ccccc3C2=O)cc([N+](=O)[O-])c1O. The molecule has 122 valence electrons. The fraction of sp³-hybridized carbons (Fsp3) is 0.118. The van der Waals surface area contributed by atoms with Gasteiger partial charge in [-0.1, -0.05) is 12.1 Å². The van der Waals surface area contributed by atoms with E-state index < -0.39 is 16.4 Å². The summed E-state index contributed by atoms with van der Waals surface area (Å²) in [4.78, 5) is 22.8. The Bertz CT molecular complexity index is 871. The minimum absolute atomic E-state index is 0.0411. The van der Waals surface area contributed by atoms with Crippen LogP contribution in [0.15, 0.2) is 42.0 Å². The third-order valence-electron chi connectivity index (χ3n) is 3.64. The fourth-order valence-electron chi connectivity index (χ4n) is 2.47. The van der Waals surface area contributed by atoms with E-state index in [0.29, 0.717) is 22.4 Å². The molecule has 0 aromatic heterocycles. The van der Waals surface area contributed by atoms with Crippen LogP contribution in [0.1, 0.15) is 15.9 Å². The number of fused-ring (bicyclic) bond motifs is 1. The highest BCUT2D eigenvalue weighted by Gasteiger charge is 2.24. The molecule has 2 aromatic carbocycles. The van der Waals surface area contributed by atoms with Crippen LogP contribution < -0.4 is 9.47 Å². The molecule has 0 radical (unpaired) electrons. The van der Waals surface area contributed by atoms with E-state index in [9.17, 15) is 20.0 Å². The molecule has 1 aliphatic rings. The summed E-state index contributed by atoms with van der Waals surface area (Å²) in [5.74, 6) is -0.290. The number of rotatable bonds is 3. The molecule has 1 heterocycles. The van der Waals surface area contributed by atoms with Gasteiger partial charge in [-0.05, 0) is 29.8 Å². The molecule has 0 aliphatic carbocycles. The molecule has 0 fully saturated rings. The normalized spacial score (nSPS) is 14.9. The van der Waals surface area contributed by atoms with Gasteiger partial charge in [-0.25, -0.2) is 0 Å². The number of carbonyl (C=O) groups is 1. The molecule has 7 heteroatoms. The maximum atomic E-state index is 12.5. The molecule has 0 amide bonds. The second kappa shape index (κ2) is 6.04. The summed E-state index contributed by atoms with van der Waals surface area (Å²) >= 11 is 0. The number of ketones is 1. The van der Waals surface area contributed by atoms with Crippen LogP contribution in [0.3, 0.4) is 0 Å². The Kier molecular flexibility index (Phi) is 3.91. The van der Waals surface area contributed by atoms with Crippen molar-refractivity contribution in [1.29, 1.82) is 0 Å². The Labute approximate surface area is 136 Å². The molecule has 2 aromatic rings. The lowest BCUT2D eigenvalue weighted by Gasteiger charge is -2.18. The highest BCUT2D eigenvalue weighted by atomic mass is 16.6. The molecule has 0 bridgehead atoms.